The SMILES string of the molecule is COc1cc2c(cc1OCCCl)ncc1c(N)nc3c(C)c(N)ccc3c12. The number of pyridine rings is 2. The van der Waals surface area contributed by atoms with Crippen molar-refractivity contribution in [3.8, 4) is 11.5 Å². The maximum atomic E-state index is 6.24. The third-order valence-corrected chi connectivity index (χ3v) is 4.89. The first kappa shape index (κ1) is 17.4. The zero-order chi connectivity index (χ0) is 19.1. The smallest absolute Gasteiger partial charge is 0.163 e. The Bertz CT molecular complexity index is 1190. The van der Waals surface area contributed by atoms with E-state index in [0.717, 1.165) is 38.1 Å². The molecule has 2 heterocycles. The van der Waals surface area contributed by atoms with Crippen LogP contribution in [0.2, 0.25) is 0 Å². The van der Waals surface area contributed by atoms with Crippen LogP contribution in [-0.4, -0.2) is 29.6 Å². The lowest BCUT2D eigenvalue weighted by Crippen LogP contribution is -2.01. The third kappa shape index (κ3) is 2.73. The van der Waals surface area contributed by atoms with E-state index < -0.39 is 0 Å². The van der Waals surface area contributed by atoms with Crippen molar-refractivity contribution in [3.05, 3.63) is 36.0 Å². The van der Waals surface area contributed by atoms with Crippen molar-refractivity contribution < 1.29 is 9.47 Å². The number of anilines is 2. The van der Waals surface area contributed by atoms with Crippen molar-refractivity contribution in [2.24, 2.45) is 0 Å². The number of rotatable bonds is 4. The lowest BCUT2D eigenvalue weighted by molar-refractivity contribution is 0.313. The van der Waals surface area contributed by atoms with E-state index in [1.54, 1.807) is 13.3 Å². The van der Waals surface area contributed by atoms with Gasteiger partial charge in [0.15, 0.2) is 11.5 Å². The molecule has 6 nitrogen and oxygen atoms in total. The summed E-state index contributed by atoms with van der Waals surface area (Å²) in [6.07, 6.45) is 1.74. The molecule has 0 saturated carbocycles. The topological polar surface area (TPSA) is 96.3 Å². The van der Waals surface area contributed by atoms with Crippen LogP contribution in [-0.2, 0) is 0 Å². The average Bonchev–Trinajstić information content (AvgIpc) is 2.68. The number of nitrogen functional groups attached to an aromatic ring is 2. The molecule has 2 aromatic heterocycles. The summed E-state index contributed by atoms with van der Waals surface area (Å²) in [4.78, 5) is 9.11. The number of aromatic nitrogens is 2. The summed E-state index contributed by atoms with van der Waals surface area (Å²) in [7, 11) is 1.60. The van der Waals surface area contributed by atoms with Gasteiger partial charge in [-0.25, -0.2) is 4.98 Å². The first-order chi connectivity index (χ1) is 13.0. The average molecular weight is 383 g/mol. The summed E-state index contributed by atoms with van der Waals surface area (Å²) in [5.74, 6) is 2.02. The molecule has 27 heavy (non-hydrogen) atoms. The molecule has 4 N–H and O–H groups in total. The molecule has 0 saturated heterocycles. The Morgan fingerprint density at radius 1 is 1.07 bits per heavy atom. The van der Waals surface area contributed by atoms with Gasteiger partial charge in [0.1, 0.15) is 12.4 Å². The van der Waals surface area contributed by atoms with Crippen LogP contribution in [0.1, 0.15) is 5.56 Å². The molecule has 0 spiro atoms. The van der Waals surface area contributed by atoms with Crippen LogP contribution in [0.4, 0.5) is 11.5 Å². The molecular weight excluding hydrogens is 364 g/mol. The fourth-order valence-corrected chi connectivity index (χ4v) is 3.42. The number of hydrogen-bond acceptors (Lipinski definition) is 6. The van der Waals surface area contributed by atoms with Gasteiger partial charge in [0.25, 0.3) is 0 Å². The van der Waals surface area contributed by atoms with Gasteiger partial charge < -0.3 is 20.9 Å². The van der Waals surface area contributed by atoms with Crippen LogP contribution in [0.5, 0.6) is 11.5 Å². The Morgan fingerprint density at radius 2 is 1.89 bits per heavy atom. The van der Waals surface area contributed by atoms with Gasteiger partial charge in [0, 0.05) is 39.5 Å². The molecule has 7 heteroatoms. The molecule has 2 aromatic carbocycles. The van der Waals surface area contributed by atoms with E-state index in [2.05, 4.69) is 9.97 Å². The van der Waals surface area contributed by atoms with Gasteiger partial charge in [-0.05, 0) is 24.6 Å². The molecule has 0 radical (unpaired) electrons. The highest BCUT2D eigenvalue weighted by Crippen LogP contribution is 2.39. The lowest BCUT2D eigenvalue weighted by atomic mass is 9.99. The molecule has 0 bridgehead atoms. The number of nitrogens with zero attached hydrogens (tertiary/aromatic N) is 2. The molecule has 0 aliphatic carbocycles. The monoisotopic (exact) mass is 382 g/mol. The van der Waals surface area contributed by atoms with Crippen molar-refractivity contribution in [2.75, 3.05) is 31.1 Å². The van der Waals surface area contributed by atoms with Crippen LogP contribution < -0.4 is 20.9 Å². The van der Waals surface area contributed by atoms with Crippen LogP contribution in [0.25, 0.3) is 32.6 Å². The van der Waals surface area contributed by atoms with Crippen LogP contribution in [0.3, 0.4) is 0 Å². The maximum Gasteiger partial charge on any atom is 0.163 e. The van der Waals surface area contributed by atoms with Crippen molar-refractivity contribution in [1.82, 2.24) is 9.97 Å². The highest BCUT2D eigenvalue weighted by Gasteiger charge is 2.16. The third-order valence-electron chi connectivity index (χ3n) is 4.74. The molecule has 138 valence electrons. The predicted octanol–water partition coefficient (Wildman–Crippen LogP) is 4.04. The minimum atomic E-state index is 0.384. The summed E-state index contributed by atoms with van der Waals surface area (Å²) < 4.78 is 11.2. The Morgan fingerprint density at radius 3 is 2.63 bits per heavy atom. The maximum absolute atomic E-state index is 6.24. The second-order valence-electron chi connectivity index (χ2n) is 6.28. The molecule has 0 amide bonds. The number of ether oxygens (including phenoxy) is 2. The number of hydrogen-bond donors (Lipinski definition) is 2. The van der Waals surface area contributed by atoms with Gasteiger partial charge in [0.05, 0.1) is 24.0 Å². The van der Waals surface area contributed by atoms with E-state index in [0.29, 0.717) is 35.5 Å². The van der Waals surface area contributed by atoms with Crippen molar-refractivity contribution in [3.63, 3.8) is 0 Å². The molecule has 4 rings (SSSR count). The summed E-state index contributed by atoms with van der Waals surface area (Å²) in [6.45, 7) is 2.33. The summed E-state index contributed by atoms with van der Waals surface area (Å²) in [6, 6.07) is 7.62. The Labute approximate surface area is 161 Å². The number of halogens is 1. The number of methoxy groups -OCH3 is 1. The highest BCUT2D eigenvalue weighted by atomic mass is 35.5. The number of fused-ring (bicyclic) bond motifs is 5. The summed E-state index contributed by atoms with van der Waals surface area (Å²) in [5, 5.41) is 3.63. The molecule has 0 fully saturated rings. The predicted molar refractivity (Wildman–Crippen MR) is 111 cm³/mol. The fourth-order valence-electron chi connectivity index (χ4n) is 3.35. The molecule has 0 atom stereocenters. The van der Waals surface area contributed by atoms with Gasteiger partial charge in [-0.1, -0.05) is 6.07 Å². The number of nitrogens with two attached hydrogens (primary N) is 2. The number of alkyl halides is 1. The normalized spacial score (nSPS) is 11.4. The van der Waals surface area contributed by atoms with E-state index in [-0.39, 0.29) is 0 Å². The van der Waals surface area contributed by atoms with E-state index in [1.165, 1.54) is 0 Å². The molecule has 0 unspecified atom stereocenters. The Kier molecular flexibility index (Phi) is 4.28. The highest BCUT2D eigenvalue weighted by molar-refractivity contribution is 6.22. The minimum Gasteiger partial charge on any atom is -0.493 e. The zero-order valence-corrected chi connectivity index (χ0v) is 15.8. The van der Waals surface area contributed by atoms with Crippen LogP contribution in [0.15, 0.2) is 30.5 Å². The number of aryl methyl sites for hydroxylation is 1. The van der Waals surface area contributed by atoms with E-state index in [9.17, 15) is 0 Å². The van der Waals surface area contributed by atoms with E-state index in [4.69, 9.17) is 32.5 Å². The Hall–Kier alpha value is -2.99. The molecule has 0 aliphatic heterocycles. The van der Waals surface area contributed by atoms with E-state index in [1.807, 2.05) is 31.2 Å². The molecule has 0 aliphatic rings. The van der Waals surface area contributed by atoms with Crippen molar-refractivity contribution in [2.45, 2.75) is 6.92 Å². The minimum absolute atomic E-state index is 0.384. The van der Waals surface area contributed by atoms with Gasteiger partial charge in [-0.15, -0.1) is 11.6 Å². The van der Waals surface area contributed by atoms with Crippen LogP contribution in [0, 0.1) is 6.92 Å². The van der Waals surface area contributed by atoms with Gasteiger partial charge in [-0.3, -0.25) is 4.98 Å². The summed E-state index contributed by atoms with van der Waals surface area (Å²) >= 11 is 5.74. The van der Waals surface area contributed by atoms with Crippen molar-refractivity contribution in [1.29, 1.82) is 0 Å². The largest absolute Gasteiger partial charge is 0.493 e. The zero-order valence-electron chi connectivity index (χ0n) is 15.0. The Balaban J connectivity index is 2.14. The molecular formula is C20H19ClN4O2. The van der Waals surface area contributed by atoms with Gasteiger partial charge in [0.2, 0.25) is 0 Å². The first-order valence-electron chi connectivity index (χ1n) is 8.48. The van der Waals surface area contributed by atoms with Crippen LogP contribution >= 0.6 is 11.6 Å². The molecule has 4 aromatic rings. The fraction of sp³-hybridized carbons (Fsp3) is 0.200. The van der Waals surface area contributed by atoms with Gasteiger partial charge in [-0.2, -0.15) is 0 Å². The number of benzene rings is 2. The quantitative estimate of drug-likeness (QED) is 0.314. The second-order valence-corrected chi connectivity index (χ2v) is 6.66. The lowest BCUT2D eigenvalue weighted by Gasteiger charge is -2.14. The van der Waals surface area contributed by atoms with Gasteiger partial charge >= 0.3 is 0 Å². The second kappa shape index (κ2) is 6.63. The standard InChI is InChI=1S/C20H19ClN4O2/c1-10-14(22)4-3-11-18-12-7-16(26-2)17(27-6-5-21)8-15(12)24-9-13(18)20(23)25-19(10)11/h3-4,7-9H,5-6,22H2,1-2H3,(H2,23,25). The van der Waals surface area contributed by atoms with Crippen molar-refractivity contribution >= 4 is 55.7 Å². The van der Waals surface area contributed by atoms with E-state index >= 15 is 0 Å². The summed E-state index contributed by atoms with van der Waals surface area (Å²) in [5.41, 5.74) is 15.4. The first-order valence-corrected chi connectivity index (χ1v) is 9.02.